The fourth-order valence-electron chi connectivity index (χ4n) is 1.15. The summed E-state index contributed by atoms with van der Waals surface area (Å²) in [7, 11) is -4.64. The van der Waals surface area contributed by atoms with Crippen molar-refractivity contribution < 1.29 is 24.4 Å². The van der Waals surface area contributed by atoms with Crippen LogP contribution in [0.2, 0.25) is 0 Å². The number of aromatic hydroxyl groups is 1. The fraction of sp³-hybridized carbons (Fsp3) is 0. The van der Waals surface area contributed by atoms with Crippen LogP contribution in [-0.2, 0) is 4.57 Å². The molecule has 1 aromatic heterocycles. The van der Waals surface area contributed by atoms with Crippen LogP contribution in [0.3, 0.4) is 0 Å². The lowest BCUT2D eigenvalue weighted by atomic mass is 10.2. The molecule has 0 atom stereocenters. The highest BCUT2D eigenvalue weighted by Crippen LogP contribution is 2.29. The van der Waals surface area contributed by atoms with E-state index in [0.717, 1.165) is 15.4 Å². The molecule has 1 aromatic carbocycles. The molecule has 0 saturated carbocycles. The maximum atomic E-state index is 9.39. The number of hydrogen-bond donors (Lipinski definition) is 4. The van der Waals surface area contributed by atoms with Crippen molar-refractivity contribution in [3.63, 3.8) is 0 Å². The molecule has 0 unspecified atom stereocenters. The Hall–Kier alpha value is -0.560. The monoisotopic (exact) mass is 343 g/mol. The van der Waals surface area contributed by atoms with E-state index in [1.807, 2.05) is 18.2 Å². The largest absolute Gasteiger partial charge is 0.506 e. The summed E-state index contributed by atoms with van der Waals surface area (Å²) in [6.45, 7) is 0. The first-order valence-corrected chi connectivity index (χ1v) is 6.82. The van der Waals surface area contributed by atoms with Crippen molar-refractivity contribution in [3.8, 4) is 5.75 Å². The minimum atomic E-state index is -4.64. The third kappa shape index (κ3) is 4.67. The number of halogens is 2. The Kier molecular flexibility index (Phi) is 4.60. The molecule has 0 bridgehead atoms. The average Bonchev–Trinajstić information content (AvgIpc) is 2.39. The van der Waals surface area contributed by atoms with Gasteiger partial charge in [0.2, 0.25) is 0 Å². The molecule has 1 heterocycles. The van der Waals surface area contributed by atoms with Crippen LogP contribution in [-0.4, -0.2) is 23.9 Å². The summed E-state index contributed by atoms with van der Waals surface area (Å²) in [5.41, 5.74) is 0.803. The molecule has 0 radical (unpaired) electrons. The lowest BCUT2D eigenvalue weighted by molar-refractivity contribution is 0.275. The summed E-state index contributed by atoms with van der Waals surface area (Å²) in [6.07, 6.45) is 1.47. The molecular weight excluding hydrogens is 336 g/mol. The Morgan fingerprint density at radius 2 is 1.82 bits per heavy atom. The normalized spacial score (nSPS) is 11.1. The second-order valence-electron chi connectivity index (χ2n) is 3.00. The third-order valence-corrected chi connectivity index (χ3v) is 2.47. The summed E-state index contributed by atoms with van der Waals surface area (Å²) in [6, 6.07) is 5.54. The highest BCUT2D eigenvalue weighted by atomic mass is 79.9. The van der Waals surface area contributed by atoms with Crippen molar-refractivity contribution in [2.45, 2.75) is 0 Å². The molecule has 0 aliphatic heterocycles. The fourth-order valence-corrected chi connectivity index (χ4v) is 1.75. The van der Waals surface area contributed by atoms with Gasteiger partial charge in [-0.2, -0.15) is 0 Å². The number of nitrogens with zero attached hydrogens (tertiary/aromatic N) is 1. The Bertz CT molecular complexity index is 572. The molecule has 4 N–H and O–H groups in total. The molecule has 0 fully saturated rings. The zero-order valence-electron chi connectivity index (χ0n) is 8.16. The maximum absolute atomic E-state index is 9.39. The number of hydrogen-bond acceptors (Lipinski definition) is 2. The highest BCUT2D eigenvalue weighted by molar-refractivity contribution is 9.10. The van der Waals surface area contributed by atoms with Gasteiger partial charge in [0.25, 0.3) is 0 Å². The number of fused-ring (bicyclic) bond motifs is 1. The van der Waals surface area contributed by atoms with Gasteiger partial charge in [-0.1, -0.05) is 15.9 Å². The SMILES string of the molecule is O=P(O)(O)O.Oc1cn(Cl)c2ccc(Br)cc12. The van der Waals surface area contributed by atoms with Crippen LogP contribution in [0.25, 0.3) is 10.9 Å². The van der Waals surface area contributed by atoms with Gasteiger partial charge >= 0.3 is 7.82 Å². The summed E-state index contributed by atoms with van der Waals surface area (Å²) < 4.78 is 11.2. The standard InChI is InChI=1S/C8H5BrClNO.H3O4P/c9-5-1-2-7-6(3-5)8(12)4-11(7)10;1-5(2,3)4/h1-4,12H;(H3,1,2,3,4). The summed E-state index contributed by atoms with van der Waals surface area (Å²) in [5, 5.41) is 10.1. The first-order valence-electron chi connectivity index (χ1n) is 4.12. The van der Waals surface area contributed by atoms with Gasteiger partial charge in [-0.05, 0) is 18.2 Å². The van der Waals surface area contributed by atoms with Gasteiger partial charge in [0.15, 0.2) is 0 Å². The average molecular weight is 344 g/mol. The van der Waals surface area contributed by atoms with Crippen molar-refractivity contribution in [3.05, 3.63) is 28.9 Å². The van der Waals surface area contributed by atoms with E-state index in [1.54, 1.807) is 0 Å². The van der Waals surface area contributed by atoms with Crippen molar-refractivity contribution in [2.24, 2.45) is 0 Å². The summed E-state index contributed by atoms with van der Waals surface area (Å²) in [5.74, 6) is 0.196. The second kappa shape index (κ2) is 5.39. The van der Waals surface area contributed by atoms with Crippen LogP contribution in [0.15, 0.2) is 28.9 Å². The van der Waals surface area contributed by atoms with Gasteiger partial charge in [-0.3, -0.25) is 4.09 Å². The molecule has 6 nitrogen and oxygen atoms in total. The van der Waals surface area contributed by atoms with Crippen molar-refractivity contribution in [1.29, 1.82) is 0 Å². The van der Waals surface area contributed by atoms with Crippen LogP contribution in [0.4, 0.5) is 0 Å². The number of phosphoric acid groups is 1. The highest BCUT2D eigenvalue weighted by Gasteiger charge is 2.05. The third-order valence-electron chi connectivity index (χ3n) is 1.70. The molecule has 17 heavy (non-hydrogen) atoms. The molecule has 9 heteroatoms. The smallest absolute Gasteiger partial charge is 0.466 e. The van der Waals surface area contributed by atoms with Gasteiger partial charge in [-0.25, -0.2) is 4.57 Å². The van der Waals surface area contributed by atoms with Crippen LogP contribution in [0.1, 0.15) is 0 Å². The maximum Gasteiger partial charge on any atom is 0.466 e. The first kappa shape index (κ1) is 14.5. The van der Waals surface area contributed by atoms with Crippen molar-refractivity contribution in [2.75, 3.05) is 0 Å². The quantitative estimate of drug-likeness (QED) is 0.549. The van der Waals surface area contributed by atoms with E-state index in [4.69, 9.17) is 31.0 Å². The predicted molar refractivity (Wildman–Crippen MR) is 66.8 cm³/mol. The lowest BCUT2D eigenvalue weighted by Gasteiger charge is -1.93. The van der Waals surface area contributed by atoms with E-state index in [-0.39, 0.29) is 5.75 Å². The molecule has 0 aliphatic rings. The van der Waals surface area contributed by atoms with Crippen LogP contribution >= 0.6 is 35.5 Å². The Labute approximate surface area is 110 Å². The topological polar surface area (TPSA) is 103 Å². The van der Waals surface area contributed by atoms with Crippen LogP contribution in [0.5, 0.6) is 5.75 Å². The van der Waals surface area contributed by atoms with E-state index in [2.05, 4.69) is 15.9 Å². The minimum absolute atomic E-state index is 0.196. The molecule has 0 saturated heterocycles. The van der Waals surface area contributed by atoms with Gasteiger partial charge in [-0.15, -0.1) is 0 Å². The summed E-state index contributed by atoms with van der Waals surface area (Å²) in [4.78, 5) is 21.6. The summed E-state index contributed by atoms with van der Waals surface area (Å²) >= 11 is 9.08. The number of rotatable bonds is 0. The molecule has 94 valence electrons. The zero-order valence-corrected chi connectivity index (χ0v) is 11.4. The zero-order chi connectivity index (χ0) is 13.2. The molecular formula is C8H8BrClNO5P. The van der Waals surface area contributed by atoms with Gasteiger partial charge in [0.05, 0.1) is 11.7 Å². The lowest BCUT2D eigenvalue weighted by Crippen LogP contribution is -1.74. The Morgan fingerprint density at radius 3 is 2.35 bits per heavy atom. The number of aromatic nitrogens is 1. The van der Waals surface area contributed by atoms with Crippen LogP contribution in [0, 0.1) is 0 Å². The van der Waals surface area contributed by atoms with E-state index < -0.39 is 7.82 Å². The van der Waals surface area contributed by atoms with E-state index >= 15 is 0 Å². The van der Waals surface area contributed by atoms with E-state index in [9.17, 15) is 5.11 Å². The first-order chi connectivity index (χ1) is 7.68. The van der Waals surface area contributed by atoms with E-state index in [0.29, 0.717) is 0 Å². The van der Waals surface area contributed by atoms with Crippen molar-refractivity contribution >= 4 is 46.4 Å². The molecule has 0 aliphatic carbocycles. The van der Waals surface area contributed by atoms with Crippen LogP contribution < -0.4 is 0 Å². The van der Waals surface area contributed by atoms with Gasteiger partial charge < -0.3 is 19.8 Å². The molecule has 2 rings (SSSR count). The van der Waals surface area contributed by atoms with Gasteiger partial charge in [0.1, 0.15) is 5.75 Å². The molecule has 0 amide bonds. The predicted octanol–water partition coefficient (Wildman–Crippen LogP) is 2.18. The molecule has 2 aromatic rings. The van der Waals surface area contributed by atoms with Crippen molar-refractivity contribution in [1.82, 2.24) is 4.09 Å². The van der Waals surface area contributed by atoms with E-state index in [1.165, 1.54) is 10.3 Å². The van der Waals surface area contributed by atoms with Gasteiger partial charge in [0, 0.05) is 21.6 Å². The Balaban J connectivity index is 0.000000249. The minimum Gasteiger partial charge on any atom is -0.506 e. The Morgan fingerprint density at radius 1 is 1.29 bits per heavy atom. The second-order valence-corrected chi connectivity index (χ2v) is 5.31. The molecule has 0 spiro atoms. The number of benzene rings is 1.